The maximum absolute atomic E-state index is 13.0. The van der Waals surface area contributed by atoms with Gasteiger partial charge >= 0.3 is 0 Å². The molecule has 0 aliphatic heterocycles. The minimum atomic E-state index is -0.168. The molecule has 1 N–H and O–H groups in total. The van der Waals surface area contributed by atoms with Gasteiger partial charge in [-0.2, -0.15) is 5.10 Å². The maximum atomic E-state index is 13.0. The zero-order valence-electron chi connectivity index (χ0n) is 23.4. The van der Waals surface area contributed by atoms with E-state index in [0.717, 1.165) is 55.9 Å². The minimum Gasteiger partial charge on any atom is -0.494 e. The van der Waals surface area contributed by atoms with Crippen LogP contribution in [0.3, 0.4) is 0 Å². The number of hydrazone groups is 1. The summed E-state index contributed by atoms with van der Waals surface area (Å²) in [7, 11) is 0. The van der Waals surface area contributed by atoms with E-state index in [1.807, 2.05) is 85.8 Å². The van der Waals surface area contributed by atoms with Gasteiger partial charge in [0.1, 0.15) is 5.75 Å². The first kappa shape index (κ1) is 26.8. The summed E-state index contributed by atoms with van der Waals surface area (Å²) < 4.78 is 7.94. The Balaban J connectivity index is 1.38. The number of nitrogens with zero attached hydrogens (tertiary/aromatic N) is 2. The van der Waals surface area contributed by atoms with Crippen LogP contribution in [0.4, 0.5) is 0 Å². The van der Waals surface area contributed by atoms with Crippen LogP contribution in [0.1, 0.15) is 18.1 Å². The molecule has 42 heavy (non-hydrogen) atoms. The van der Waals surface area contributed by atoms with E-state index in [1.165, 1.54) is 0 Å². The van der Waals surface area contributed by atoms with Crippen molar-refractivity contribution in [2.24, 2.45) is 5.10 Å². The number of hydrogen-bond donors (Lipinski definition) is 1. The van der Waals surface area contributed by atoms with Crippen LogP contribution in [0.5, 0.6) is 5.75 Å². The summed E-state index contributed by atoms with van der Waals surface area (Å²) in [6, 6.07) is 44.9. The van der Waals surface area contributed by atoms with E-state index in [-0.39, 0.29) is 12.3 Å². The quantitative estimate of drug-likeness (QED) is 0.147. The number of benzene rings is 5. The molecule has 5 nitrogen and oxygen atoms in total. The van der Waals surface area contributed by atoms with Crippen LogP contribution >= 0.6 is 0 Å². The normalized spacial score (nSPS) is 11.2. The van der Waals surface area contributed by atoms with Crippen molar-refractivity contribution in [3.8, 4) is 34.0 Å². The number of nitrogens with one attached hydrogen (secondary N) is 1. The number of rotatable bonds is 9. The molecule has 5 aromatic carbocycles. The third-order valence-electron chi connectivity index (χ3n) is 7.18. The van der Waals surface area contributed by atoms with Gasteiger partial charge in [0, 0.05) is 11.3 Å². The topological polar surface area (TPSA) is 55.6 Å². The van der Waals surface area contributed by atoms with Gasteiger partial charge in [0.15, 0.2) is 0 Å². The van der Waals surface area contributed by atoms with E-state index in [0.29, 0.717) is 6.61 Å². The number of hydrogen-bond acceptors (Lipinski definition) is 3. The van der Waals surface area contributed by atoms with Crippen molar-refractivity contribution in [3.05, 3.63) is 145 Å². The van der Waals surface area contributed by atoms with Gasteiger partial charge in [-0.25, -0.2) is 5.43 Å². The Morgan fingerprint density at radius 3 is 2.19 bits per heavy atom. The lowest BCUT2D eigenvalue weighted by atomic mass is 10.0. The Kier molecular flexibility index (Phi) is 7.91. The van der Waals surface area contributed by atoms with Crippen molar-refractivity contribution in [1.29, 1.82) is 0 Å². The number of fused-ring (bicyclic) bond motifs is 1. The third-order valence-corrected chi connectivity index (χ3v) is 7.18. The second-order valence-corrected chi connectivity index (χ2v) is 9.94. The monoisotopic (exact) mass is 549 g/mol. The van der Waals surface area contributed by atoms with Crippen LogP contribution in [0, 0.1) is 0 Å². The third kappa shape index (κ3) is 5.72. The van der Waals surface area contributed by atoms with Crippen molar-refractivity contribution < 1.29 is 9.53 Å². The molecule has 0 spiro atoms. The molecule has 0 bridgehead atoms. The van der Waals surface area contributed by atoms with E-state index in [4.69, 9.17) is 4.74 Å². The predicted molar refractivity (Wildman–Crippen MR) is 171 cm³/mol. The minimum absolute atomic E-state index is 0.168. The van der Waals surface area contributed by atoms with Gasteiger partial charge in [-0.3, -0.25) is 4.79 Å². The lowest BCUT2D eigenvalue weighted by Crippen LogP contribution is -2.19. The Morgan fingerprint density at radius 1 is 0.786 bits per heavy atom. The van der Waals surface area contributed by atoms with Crippen LogP contribution in [0.2, 0.25) is 0 Å². The lowest BCUT2D eigenvalue weighted by molar-refractivity contribution is -0.120. The SMILES string of the molecule is CCOc1ccc(-n2c(-c3ccccc3)cc(/C=N\NC(=O)Cc3cccc4ccccc34)c2-c2ccccc2)cc1. The van der Waals surface area contributed by atoms with Gasteiger partial charge in [0.25, 0.3) is 0 Å². The summed E-state index contributed by atoms with van der Waals surface area (Å²) in [5, 5.41) is 6.61. The summed E-state index contributed by atoms with van der Waals surface area (Å²) >= 11 is 0. The van der Waals surface area contributed by atoms with Gasteiger partial charge in [-0.1, -0.05) is 103 Å². The summed E-state index contributed by atoms with van der Waals surface area (Å²) in [4.78, 5) is 13.0. The fraction of sp³-hybridized carbons (Fsp3) is 0.0811. The number of aromatic nitrogens is 1. The molecule has 1 heterocycles. The Labute approximate surface area is 245 Å². The molecule has 0 radical (unpaired) electrons. The number of carbonyl (C=O) groups is 1. The summed E-state index contributed by atoms with van der Waals surface area (Å²) in [5.41, 5.74) is 9.72. The maximum Gasteiger partial charge on any atom is 0.244 e. The van der Waals surface area contributed by atoms with Crippen molar-refractivity contribution >= 4 is 22.9 Å². The fourth-order valence-corrected chi connectivity index (χ4v) is 5.30. The van der Waals surface area contributed by atoms with Crippen molar-refractivity contribution in [2.75, 3.05) is 6.61 Å². The highest BCUT2D eigenvalue weighted by Gasteiger charge is 2.19. The van der Waals surface area contributed by atoms with E-state index < -0.39 is 0 Å². The predicted octanol–water partition coefficient (Wildman–Crippen LogP) is 8.06. The zero-order valence-corrected chi connectivity index (χ0v) is 23.4. The van der Waals surface area contributed by atoms with Crippen LogP contribution in [0.15, 0.2) is 139 Å². The molecule has 6 aromatic rings. The summed E-state index contributed by atoms with van der Waals surface area (Å²) in [6.07, 6.45) is 1.98. The average molecular weight is 550 g/mol. The summed E-state index contributed by atoms with van der Waals surface area (Å²) in [6.45, 7) is 2.59. The Hall–Kier alpha value is -5.42. The molecule has 0 aliphatic carbocycles. The van der Waals surface area contributed by atoms with E-state index >= 15 is 0 Å². The molecule has 6 rings (SSSR count). The molecule has 0 saturated heterocycles. The first-order valence-electron chi connectivity index (χ1n) is 14.1. The standard InChI is InChI=1S/C37H31N3O2/c1-2-42-33-22-20-32(21-23-33)40-35(28-13-5-3-6-14-28)24-31(37(40)29-15-7-4-8-16-29)26-38-39-36(41)25-30-18-11-17-27-12-9-10-19-34(27)30/h3-24,26H,2,25H2,1H3,(H,39,41)/b38-26-. The molecule has 1 amide bonds. The molecule has 0 saturated carbocycles. The van der Waals surface area contributed by atoms with Crippen LogP contribution in [-0.4, -0.2) is 23.3 Å². The van der Waals surface area contributed by atoms with Gasteiger partial charge in [-0.15, -0.1) is 0 Å². The van der Waals surface area contributed by atoms with Crippen LogP contribution < -0.4 is 10.2 Å². The second-order valence-electron chi connectivity index (χ2n) is 9.94. The average Bonchev–Trinajstić information content (AvgIpc) is 3.42. The van der Waals surface area contributed by atoms with Crippen molar-refractivity contribution in [2.45, 2.75) is 13.3 Å². The molecule has 5 heteroatoms. The van der Waals surface area contributed by atoms with Crippen molar-refractivity contribution in [1.82, 2.24) is 9.99 Å². The van der Waals surface area contributed by atoms with E-state index in [2.05, 4.69) is 69.7 Å². The molecule has 0 unspecified atom stereocenters. The summed E-state index contributed by atoms with van der Waals surface area (Å²) in [5.74, 6) is 0.657. The molecule has 206 valence electrons. The Bertz CT molecular complexity index is 1830. The Morgan fingerprint density at radius 2 is 1.45 bits per heavy atom. The number of carbonyl (C=O) groups excluding carboxylic acids is 1. The lowest BCUT2D eigenvalue weighted by Gasteiger charge is -2.15. The molecule has 0 atom stereocenters. The molecular formula is C37H31N3O2. The molecule has 0 fully saturated rings. The van der Waals surface area contributed by atoms with Crippen molar-refractivity contribution in [3.63, 3.8) is 0 Å². The second kappa shape index (κ2) is 12.4. The van der Waals surface area contributed by atoms with Gasteiger partial charge in [0.05, 0.1) is 30.6 Å². The van der Waals surface area contributed by atoms with Gasteiger partial charge in [0.2, 0.25) is 5.91 Å². The van der Waals surface area contributed by atoms with Gasteiger partial charge in [-0.05, 0) is 64.7 Å². The van der Waals surface area contributed by atoms with Crippen LogP contribution in [-0.2, 0) is 11.2 Å². The highest BCUT2D eigenvalue weighted by atomic mass is 16.5. The fourth-order valence-electron chi connectivity index (χ4n) is 5.30. The van der Waals surface area contributed by atoms with Gasteiger partial charge < -0.3 is 9.30 Å². The van der Waals surface area contributed by atoms with E-state index in [9.17, 15) is 4.79 Å². The molecule has 1 aromatic heterocycles. The first-order valence-corrected chi connectivity index (χ1v) is 14.1. The number of amides is 1. The van der Waals surface area contributed by atoms with Crippen LogP contribution in [0.25, 0.3) is 39.0 Å². The highest BCUT2D eigenvalue weighted by molar-refractivity contribution is 5.95. The molecular weight excluding hydrogens is 518 g/mol. The smallest absolute Gasteiger partial charge is 0.244 e. The highest BCUT2D eigenvalue weighted by Crippen LogP contribution is 2.35. The van der Waals surface area contributed by atoms with E-state index in [1.54, 1.807) is 6.21 Å². The molecule has 0 aliphatic rings. The largest absolute Gasteiger partial charge is 0.494 e. The number of ether oxygens (including phenoxy) is 1. The zero-order chi connectivity index (χ0) is 28.7. The first-order chi connectivity index (χ1) is 20.7.